The lowest BCUT2D eigenvalue weighted by molar-refractivity contribution is -0.116. The molecule has 1 aromatic carbocycles. The summed E-state index contributed by atoms with van der Waals surface area (Å²) in [5.74, 6) is 0.728. The van der Waals surface area contributed by atoms with Crippen LogP contribution in [0.3, 0.4) is 0 Å². The highest BCUT2D eigenvalue weighted by atomic mass is 35.5. The van der Waals surface area contributed by atoms with Crippen LogP contribution in [-0.2, 0) is 4.79 Å². The van der Waals surface area contributed by atoms with Crippen LogP contribution in [0, 0.1) is 11.7 Å². The van der Waals surface area contributed by atoms with E-state index in [4.69, 9.17) is 10.5 Å². The first-order valence-electron chi connectivity index (χ1n) is 11.6. The van der Waals surface area contributed by atoms with Crippen molar-refractivity contribution in [2.75, 3.05) is 6.61 Å². The molecule has 33 heavy (non-hydrogen) atoms. The highest BCUT2D eigenvalue weighted by Gasteiger charge is 2.33. The van der Waals surface area contributed by atoms with Crippen LogP contribution in [0.25, 0.3) is 5.57 Å². The summed E-state index contributed by atoms with van der Waals surface area (Å²) in [4.78, 5) is 16.5. The molecule has 8 heteroatoms. The van der Waals surface area contributed by atoms with E-state index in [0.717, 1.165) is 48.2 Å². The molecule has 0 saturated heterocycles. The number of allylic oxidation sites excluding steroid dienone is 1. The number of aromatic amines is 1. The summed E-state index contributed by atoms with van der Waals surface area (Å²) in [6, 6.07) is 6.83. The smallest absolute Gasteiger partial charge is 0.255 e. The molecule has 0 radical (unpaired) electrons. The van der Waals surface area contributed by atoms with Gasteiger partial charge in [-0.05, 0) is 69.6 Å². The fourth-order valence-corrected chi connectivity index (χ4v) is 4.81. The fraction of sp³-hybridized carbons (Fsp3) is 0.480. The lowest BCUT2D eigenvalue weighted by Gasteiger charge is -2.31. The zero-order valence-electron chi connectivity index (χ0n) is 18.8. The van der Waals surface area contributed by atoms with Crippen molar-refractivity contribution in [3.8, 4) is 5.75 Å². The van der Waals surface area contributed by atoms with Gasteiger partial charge in [0.15, 0.2) is 0 Å². The molecule has 2 heterocycles. The maximum absolute atomic E-state index is 14.0. The number of fused-ring (bicyclic) bond motifs is 1. The molecule has 2 fully saturated rings. The number of halogens is 2. The van der Waals surface area contributed by atoms with Gasteiger partial charge in [0, 0.05) is 41.2 Å². The van der Waals surface area contributed by atoms with E-state index in [1.54, 1.807) is 6.07 Å². The monoisotopic (exact) mass is 474 g/mol. The number of benzene rings is 1. The summed E-state index contributed by atoms with van der Waals surface area (Å²) >= 11 is 0. The molecule has 178 valence electrons. The molecule has 0 bridgehead atoms. The molecule has 3 aliphatic rings. The maximum Gasteiger partial charge on any atom is 0.255 e. The number of aromatic nitrogens is 1. The molecule has 2 aromatic rings. The normalized spacial score (nSPS) is 24.4. The van der Waals surface area contributed by atoms with E-state index < -0.39 is 0 Å². The minimum absolute atomic E-state index is 0. The molecule has 2 aliphatic carbocycles. The first-order valence-corrected chi connectivity index (χ1v) is 11.6. The van der Waals surface area contributed by atoms with Crippen LogP contribution in [0.1, 0.15) is 68.3 Å². The van der Waals surface area contributed by atoms with Crippen molar-refractivity contribution in [1.82, 2.24) is 15.6 Å². The van der Waals surface area contributed by atoms with Gasteiger partial charge in [-0.3, -0.25) is 4.79 Å². The topological polar surface area (TPSA) is 92.2 Å². The largest absolute Gasteiger partial charge is 0.493 e. The molecule has 6 nitrogen and oxygen atoms in total. The van der Waals surface area contributed by atoms with Crippen molar-refractivity contribution in [1.29, 1.82) is 0 Å². The number of nitrogens with one attached hydrogen (secondary N) is 3. The van der Waals surface area contributed by atoms with E-state index in [0.29, 0.717) is 23.8 Å². The van der Waals surface area contributed by atoms with E-state index >= 15 is 0 Å². The minimum Gasteiger partial charge on any atom is -0.493 e. The number of carbonyl (C=O) groups excluding carboxylic acids is 1. The predicted octanol–water partition coefficient (Wildman–Crippen LogP) is 4.17. The van der Waals surface area contributed by atoms with Crippen LogP contribution >= 0.6 is 12.4 Å². The van der Waals surface area contributed by atoms with E-state index in [1.807, 2.05) is 19.2 Å². The Morgan fingerprint density at radius 1 is 1.15 bits per heavy atom. The van der Waals surface area contributed by atoms with Crippen molar-refractivity contribution in [3.63, 3.8) is 0 Å². The summed E-state index contributed by atoms with van der Waals surface area (Å²) in [6.07, 6.45) is 7.87. The average molecular weight is 475 g/mol. The predicted molar refractivity (Wildman–Crippen MR) is 129 cm³/mol. The molecule has 1 aromatic heterocycles. The molecule has 1 atom stereocenters. The molecule has 2 saturated carbocycles. The molecule has 1 aliphatic heterocycles. The SMILES string of the molecule is CC1=C(C(=O)NC2CCC(N)CC2)c2[nH]ccc2C(c2ccc(F)cc2OCC2CC2)N1.Cl. The van der Waals surface area contributed by atoms with Gasteiger partial charge >= 0.3 is 0 Å². The van der Waals surface area contributed by atoms with E-state index in [1.165, 1.54) is 25.0 Å². The van der Waals surface area contributed by atoms with Gasteiger partial charge in [0.2, 0.25) is 0 Å². The van der Waals surface area contributed by atoms with Gasteiger partial charge in [0.25, 0.3) is 5.91 Å². The number of carbonyl (C=O) groups is 1. The number of amides is 1. The fourth-order valence-electron chi connectivity index (χ4n) is 4.81. The van der Waals surface area contributed by atoms with Crippen LogP contribution < -0.4 is 21.1 Å². The summed E-state index contributed by atoms with van der Waals surface area (Å²) < 4.78 is 20.0. The third kappa shape index (κ3) is 5.04. The van der Waals surface area contributed by atoms with E-state index in [9.17, 15) is 9.18 Å². The van der Waals surface area contributed by atoms with Gasteiger partial charge in [0.1, 0.15) is 11.6 Å². The number of hydrogen-bond donors (Lipinski definition) is 4. The average Bonchev–Trinajstić information content (AvgIpc) is 3.48. The standard InChI is InChI=1S/C25H31FN4O2.ClH/c1-14-22(25(31)30-18-7-5-17(27)6-8-18)24-20(10-11-28-24)23(29-14)19-9-4-16(26)12-21(19)32-13-15-2-3-15;/h4,9-12,15,17-18,23,28-29H,2-3,5-8,13,27H2,1H3,(H,30,31);1H. The van der Waals surface area contributed by atoms with Crippen LogP contribution in [0.2, 0.25) is 0 Å². The van der Waals surface area contributed by atoms with Gasteiger partial charge < -0.3 is 26.1 Å². The van der Waals surface area contributed by atoms with Crippen LogP contribution in [-0.4, -0.2) is 29.6 Å². The van der Waals surface area contributed by atoms with Crippen LogP contribution in [0.5, 0.6) is 5.75 Å². The third-order valence-corrected chi connectivity index (χ3v) is 6.87. The second kappa shape index (κ2) is 9.77. The van der Waals surface area contributed by atoms with Gasteiger partial charge in [-0.15, -0.1) is 12.4 Å². The Kier molecular flexibility index (Phi) is 7.00. The minimum atomic E-state index is -0.316. The highest BCUT2D eigenvalue weighted by molar-refractivity contribution is 6.20. The number of hydrogen-bond acceptors (Lipinski definition) is 4. The molecule has 1 amide bonds. The van der Waals surface area contributed by atoms with Crippen LogP contribution in [0.15, 0.2) is 36.2 Å². The van der Waals surface area contributed by atoms with Crippen molar-refractivity contribution < 1.29 is 13.9 Å². The maximum atomic E-state index is 14.0. The Morgan fingerprint density at radius 2 is 1.91 bits per heavy atom. The highest BCUT2D eigenvalue weighted by Crippen LogP contribution is 2.40. The van der Waals surface area contributed by atoms with Crippen molar-refractivity contribution in [3.05, 3.63) is 58.8 Å². The first kappa shape index (κ1) is 23.6. The van der Waals surface area contributed by atoms with Crippen molar-refractivity contribution >= 4 is 23.9 Å². The molecular weight excluding hydrogens is 443 g/mol. The lowest BCUT2D eigenvalue weighted by Crippen LogP contribution is -2.42. The van der Waals surface area contributed by atoms with Gasteiger partial charge in [-0.25, -0.2) is 4.39 Å². The molecule has 5 N–H and O–H groups in total. The second-order valence-corrected chi connectivity index (χ2v) is 9.41. The number of ether oxygens (including phenoxy) is 1. The van der Waals surface area contributed by atoms with E-state index in [-0.39, 0.29) is 42.3 Å². The molecule has 5 rings (SSSR count). The van der Waals surface area contributed by atoms with Gasteiger partial charge in [-0.1, -0.05) is 0 Å². The second-order valence-electron chi connectivity index (χ2n) is 9.41. The molecule has 1 unspecified atom stereocenters. The first-order chi connectivity index (χ1) is 15.5. The zero-order valence-corrected chi connectivity index (χ0v) is 19.6. The Morgan fingerprint density at radius 3 is 2.64 bits per heavy atom. The number of H-pyrrole nitrogens is 1. The van der Waals surface area contributed by atoms with E-state index in [2.05, 4.69) is 15.6 Å². The summed E-state index contributed by atoms with van der Waals surface area (Å²) in [5.41, 5.74) is 10.0. The molecule has 0 spiro atoms. The van der Waals surface area contributed by atoms with Crippen molar-refractivity contribution in [2.45, 2.75) is 63.6 Å². The van der Waals surface area contributed by atoms with Gasteiger partial charge in [-0.2, -0.15) is 0 Å². The Hall–Kier alpha value is -2.51. The summed E-state index contributed by atoms with van der Waals surface area (Å²) in [6.45, 7) is 2.52. The Bertz CT molecular complexity index is 1040. The number of nitrogens with two attached hydrogens (primary N) is 1. The molecular formula is C25H32ClFN4O2. The van der Waals surface area contributed by atoms with Gasteiger partial charge in [0.05, 0.1) is 23.9 Å². The Labute approximate surface area is 199 Å². The zero-order chi connectivity index (χ0) is 22.2. The summed E-state index contributed by atoms with van der Waals surface area (Å²) in [7, 11) is 0. The lowest BCUT2D eigenvalue weighted by atomic mass is 9.89. The Balaban J connectivity index is 0.00000259. The quantitative estimate of drug-likeness (QED) is 0.505. The number of rotatable bonds is 6. The third-order valence-electron chi connectivity index (χ3n) is 6.87. The van der Waals surface area contributed by atoms with Crippen LogP contribution in [0.4, 0.5) is 4.39 Å². The summed E-state index contributed by atoms with van der Waals surface area (Å²) in [5, 5.41) is 6.69. The van der Waals surface area contributed by atoms with Crippen molar-refractivity contribution in [2.24, 2.45) is 11.7 Å².